The number of rotatable bonds is 2. The van der Waals surface area contributed by atoms with Crippen molar-refractivity contribution in [2.24, 2.45) is 4.99 Å². The van der Waals surface area contributed by atoms with Crippen LogP contribution in [0, 0.1) is 0 Å². The van der Waals surface area contributed by atoms with E-state index in [1.54, 1.807) is 0 Å². The van der Waals surface area contributed by atoms with Crippen molar-refractivity contribution in [3.05, 3.63) is 28.2 Å². The lowest BCUT2D eigenvalue weighted by atomic mass is 9.70. The van der Waals surface area contributed by atoms with Gasteiger partial charge in [-0.15, -0.1) is 0 Å². The maximum Gasteiger partial charge on any atom is 0.192 e. The molecule has 1 aromatic carbocycles. The molecule has 0 bridgehead atoms. The quantitative estimate of drug-likeness (QED) is 0.534. The van der Waals surface area contributed by atoms with Gasteiger partial charge in [0.1, 0.15) is 0 Å². The van der Waals surface area contributed by atoms with Gasteiger partial charge in [-0.2, -0.15) is 0 Å². The highest BCUT2D eigenvalue weighted by Crippen LogP contribution is 2.48. The predicted octanol–water partition coefficient (Wildman–Crippen LogP) is 6.37. The minimum atomic E-state index is -1.67. The molecule has 1 spiro atoms. The standard InChI is InChI=1S/C19H28BrNOSi/c1-18(2,3)23(4,5)22-15-8-10-19(11-9-15)13-21-17-7-6-14(20)12-16(17)19/h6-7,12-13,15H,8-11H2,1-5H3. The number of fused-ring (bicyclic) bond motifs is 2. The van der Waals surface area contributed by atoms with Gasteiger partial charge in [0.2, 0.25) is 0 Å². The number of benzene rings is 1. The second-order valence-electron chi connectivity index (χ2n) is 8.65. The fourth-order valence-corrected chi connectivity index (χ4v) is 5.28. The lowest BCUT2D eigenvalue weighted by Crippen LogP contribution is -2.46. The van der Waals surface area contributed by atoms with Gasteiger partial charge in [0.05, 0.1) is 5.69 Å². The summed E-state index contributed by atoms with van der Waals surface area (Å²) in [5.74, 6) is 0. The molecular weight excluding hydrogens is 366 g/mol. The summed E-state index contributed by atoms with van der Waals surface area (Å²) >= 11 is 3.61. The fraction of sp³-hybridized carbons (Fsp3) is 0.632. The number of hydrogen-bond acceptors (Lipinski definition) is 2. The van der Waals surface area contributed by atoms with Crippen LogP contribution in [0.2, 0.25) is 18.1 Å². The molecule has 4 heteroatoms. The third kappa shape index (κ3) is 3.22. The molecule has 0 radical (unpaired) electrons. The molecule has 1 saturated carbocycles. The monoisotopic (exact) mass is 393 g/mol. The first-order valence-electron chi connectivity index (χ1n) is 8.66. The molecule has 126 valence electrons. The third-order valence-corrected chi connectivity index (χ3v) is 11.1. The van der Waals surface area contributed by atoms with E-state index in [2.05, 4.69) is 79.2 Å². The zero-order valence-electron chi connectivity index (χ0n) is 14.9. The van der Waals surface area contributed by atoms with Crippen LogP contribution in [0.15, 0.2) is 27.7 Å². The third-order valence-electron chi connectivity index (χ3n) is 6.04. The Morgan fingerprint density at radius 2 is 1.87 bits per heavy atom. The topological polar surface area (TPSA) is 21.6 Å². The van der Waals surface area contributed by atoms with E-state index in [1.807, 2.05) is 0 Å². The molecule has 23 heavy (non-hydrogen) atoms. The Morgan fingerprint density at radius 3 is 2.48 bits per heavy atom. The molecule has 3 rings (SSSR count). The molecule has 1 aliphatic carbocycles. The van der Waals surface area contributed by atoms with Crippen LogP contribution in [0.4, 0.5) is 5.69 Å². The summed E-state index contributed by atoms with van der Waals surface area (Å²) in [5, 5.41) is 0.286. The maximum absolute atomic E-state index is 6.64. The predicted molar refractivity (Wildman–Crippen MR) is 105 cm³/mol. The molecule has 2 aliphatic rings. The first-order chi connectivity index (χ1) is 10.6. The van der Waals surface area contributed by atoms with Crippen molar-refractivity contribution in [2.75, 3.05) is 0 Å². The van der Waals surface area contributed by atoms with E-state index >= 15 is 0 Å². The van der Waals surface area contributed by atoms with Gasteiger partial charge in [0.15, 0.2) is 8.32 Å². The molecule has 1 aliphatic heterocycles. The zero-order chi connectivity index (χ0) is 16.9. The van der Waals surface area contributed by atoms with Crippen LogP contribution in [-0.2, 0) is 9.84 Å². The van der Waals surface area contributed by atoms with Crippen LogP contribution in [0.25, 0.3) is 0 Å². The van der Waals surface area contributed by atoms with Gasteiger partial charge in [0.25, 0.3) is 0 Å². The highest BCUT2D eigenvalue weighted by Gasteiger charge is 2.44. The van der Waals surface area contributed by atoms with Crippen molar-refractivity contribution in [1.29, 1.82) is 0 Å². The zero-order valence-corrected chi connectivity index (χ0v) is 17.5. The van der Waals surface area contributed by atoms with E-state index in [0.717, 1.165) is 35.8 Å². The minimum absolute atomic E-state index is 0.145. The Kier molecular flexibility index (Phi) is 4.39. The molecule has 1 fully saturated rings. The maximum atomic E-state index is 6.64. The molecule has 1 heterocycles. The number of hydrogen-bond donors (Lipinski definition) is 0. The Hall–Kier alpha value is -0.453. The molecule has 0 saturated heterocycles. The molecule has 0 amide bonds. The van der Waals surface area contributed by atoms with Gasteiger partial charge in [-0.05, 0) is 67.6 Å². The highest BCUT2D eigenvalue weighted by atomic mass is 79.9. The van der Waals surface area contributed by atoms with Crippen molar-refractivity contribution in [3.63, 3.8) is 0 Å². The highest BCUT2D eigenvalue weighted by molar-refractivity contribution is 9.10. The van der Waals surface area contributed by atoms with E-state index in [-0.39, 0.29) is 10.5 Å². The normalized spacial score (nSPS) is 27.5. The summed E-state index contributed by atoms with van der Waals surface area (Å²) in [7, 11) is -1.67. The van der Waals surface area contributed by atoms with E-state index in [9.17, 15) is 0 Å². The van der Waals surface area contributed by atoms with Crippen molar-refractivity contribution in [2.45, 2.75) is 76.1 Å². The lowest BCUT2D eigenvalue weighted by molar-refractivity contribution is 0.121. The van der Waals surface area contributed by atoms with Crippen LogP contribution in [0.1, 0.15) is 52.0 Å². The number of halogens is 1. The second-order valence-corrected chi connectivity index (χ2v) is 14.3. The summed E-state index contributed by atoms with van der Waals surface area (Å²) in [6.07, 6.45) is 7.21. The fourth-order valence-electron chi connectivity index (χ4n) is 3.50. The Morgan fingerprint density at radius 1 is 1.22 bits per heavy atom. The van der Waals surface area contributed by atoms with Gasteiger partial charge in [-0.3, -0.25) is 4.99 Å². The van der Waals surface area contributed by atoms with E-state index in [0.29, 0.717) is 6.10 Å². The SMILES string of the molecule is CC(C)(C)[Si](C)(C)OC1CCC2(C=Nc3ccc(Br)cc32)CC1. The van der Waals surface area contributed by atoms with Crippen molar-refractivity contribution in [3.8, 4) is 0 Å². The van der Waals surface area contributed by atoms with Crippen LogP contribution in [0.3, 0.4) is 0 Å². The molecule has 2 nitrogen and oxygen atoms in total. The molecule has 0 N–H and O–H groups in total. The average molecular weight is 394 g/mol. The van der Waals surface area contributed by atoms with Gasteiger partial charge in [0, 0.05) is 22.2 Å². The summed E-state index contributed by atoms with van der Waals surface area (Å²) < 4.78 is 7.80. The average Bonchev–Trinajstić information content (AvgIpc) is 2.79. The summed E-state index contributed by atoms with van der Waals surface area (Å²) in [6.45, 7) is 11.7. The van der Waals surface area contributed by atoms with Crippen molar-refractivity contribution >= 4 is 36.1 Å². The summed E-state index contributed by atoms with van der Waals surface area (Å²) in [4.78, 5) is 4.68. The Bertz CT molecular complexity index is 625. The second kappa shape index (κ2) is 5.82. The number of nitrogens with zero attached hydrogens (tertiary/aromatic N) is 1. The van der Waals surface area contributed by atoms with Crippen LogP contribution < -0.4 is 0 Å². The van der Waals surface area contributed by atoms with Crippen LogP contribution >= 0.6 is 15.9 Å². The van der Waals surface area contributed by atoms with E-state index in [1.165, 1.54) is 5.56 Å². The van der Waals surface area contributed by atoms with E-state index < -0.39 is 8.32 Å². The summed E-state index contributed by atoms with van der Waals surface area (Å²) in [5.41, 5.74) is 2.70. The van der Waals surface area contributed by atoms with Crippen LogP contribution in [-0.4, -0.2) is 20.6 Å². The van der Waals surface area contributed by atoms with Crippen LogP contribution in [0.5, 0.6) is 0 Å². The van der Waals surface area contributed by atoms with Gasteiger partial charge < -0.3 is 4.43 Å². The summed E-state index contributed by atoms with van der Waals surface area (Å²) in [6, 6.07) is 6.47. The van der Waals surface area contributed by atoms with Gasteiger partial charge >= 0.3 is 0 Å². The minimum Gasteiger partial charge on any atom is -0.414 e. The molecule has 1 aromatic rings. The van der Waals surface area contributed by atoms with E-state index in [4.69, 9.17) is 4.43 Å². The largest absolute Gasteiger partial charge is 0.414 e. The Labute approximate surface area is 150 Å². The first kappa shape index (κ1) is 17.4. The first-order valence-corrected chi connectivity index (χ1v) is 12.4. The number of aliphatic imine (C=N–C) groups is 1. The smallest absolute Gasteiger partial charge is 0.192 e. The molecular formula is C19H28BrNOSi. The van der Waals surface area contributed by atoms with Crippen molar-refractivity contribution in [1.82, 2.24) is 0 Å². The molecule has 0 unspecified atom stereocenters. The van der Waals surface area contributed by atoms with Gasteiger partial charge in [-0.1, -0.05) is 36.7 Å². The Balaban J connectivity index is 1.71. The van der Waals surface area contributed by atoms with Gasteiger partial charge in [-0.25, -0.2) is 0 Å². The lowest BCUT2D eigenvalue weighted by Gasteiger charge is -2.43. The molecule has 0 atom stereocenters. The molecule has 0 aromatic heterocycles. The van der Waals surface area contributed by atoms with Crippen molar-refractivity contribution < 1.29 is 4.43 Å².